The molecule has 1 saturated carbocycles. The maximum absolute atomic E-state index is 4.78. The van der Waals surface area contributed by atoms with E-state index in [1.807, 2.05) is 0 Å². The normalized spacial score (nSPS) is 30.8. The molecule has 1 saturated heterocycles. The third-order valence-corrected chi connectivity index (χ3v) is 4.73. The Kier molecular flexibility index (Phi) is 3.25. The molecule has 106 valence electrons. The van der Waals surface area contributed by atoms with Crippen LogP contribution < -0.4 is 10.2 Å². The first-order valence-corrected chi connectivity index (χ1v) is 7.47. The summed E-state index contributed by atoms with van der Waals surface area (Å²) in [6.07, 6.45) is 3.83. The second-order valence-electron chi connectivity index (χ2n) is 6.76. The summed E-state index contributed by atoms with van der Waals surface area (Å²) in [5, 5.41) is 11.1. The molecule has 1 aliphatic heterocycles. The quantitative estimate of drug-likeness (QED) is 0.855. The van der Waals surface area contributed by atoms with Gasteiger partial charge in [-0.3, -0.25) is 5.10 Å². The predicted octanol–water partition coefficient (Wildman–Crippen LogP) is 1.90. The molecule has 5 heteroatoms. The highest BCUT2D eigenvalue weighted by molar-refractivity contribution is 5.31. The van der Waals surface area contributed by atoms with Gasteiger partial charge in [-0.2, -0.15) is 4.98 Å². The molecule has 19 heavy (non-hydrogen) atoms. The van der Waals surface area contributed by atoms with Crippen molar-refractivity contribution in [1.82, 2.24) is 20.5 Å². The molecule has 2 heterocycles. The number of rotatable bonds is 2. The average molecular weight is 263 g/mol. The molecule has 2 fully saturated rings. The van der Waals surface area contributed by atoms with Crippen LogP contribution in [0.25, 0.3) is 0 Å². The van der Waals surface area contributed by atoms with E-state index in [0.717, 1.165) is 31.4 Å². The maximum atomic E-state index is 4.78. The number of piperazine rings is 1. The molecule has 1 aliphatic carbocycles. The van der Waals surface area contributed by atoms with Crippen molar-refractivity contribution in [2.75, 3.05) is 24.5 Å². The van der Waals surface area contributed by atoms with Crippen molar-refractivity contribution in [3.8, 4) is 0 Å². The lowest BCUT2D eigenvalue weighted by Crippen LogP contribution is -2.49. The fraction of sp³-hybridized carbons (Fsp3) is 0.857. The zero-order valence-electron chi connectivity index (χ0n) is 12.2. The summed E-state index contributed by atoms with van der Waals surface area (Å²) in [6.45, 7) is 9.90. The molecule has 2 aliphatic rings. The van der Waals surface area contributed by atoms with Gasteiger partial charge in [0.25, 0.3) is 0 Å². The Balaban J connectivity index is 1.76. The van der Waals surface area contributed by atoms with Gasteiger partial charge in [-0.25, -0.2) is 0 Å². The molecule has 2 N–H and O–H groups in total. The van der Waals surface area contributed by atoms with Gasteiger partial charge in [-0.1, -0.05) is 20.3 Å². The first-order chi connectivity index (χ1) is 9.06. The smallest absolute Gasteiger partial charge is 0.244 e. The third-order valence-electron chi connectivity index (χ3n) is 4.73. The summed E-state index contributed by atoms with van der Waals surface area (Å²) < 4.78 is 0. The van der Waals surface area contributed by atoms with Crippen LogP contribution in [-0.2, 0) is 0 Å². The number of nitrogens with one attached hydrogen (secondary N) is 2. The molecule has 0 radical (unpaired) electrons. The van der Waals surface area contributed by atoms with E-state index in [1.165, 1.54) is 19.3 Å². The van der Waals surface area contributed by atoms with Crippen molar-refractivity contribution in [1.29, 1.82) is 0 Å². The molecule has 3 rings (SSSR count). The van der Waals surface area contributed by atoms with Gasteiger partial charge in [0.1, 0.15) is 5.82 Å². The highest BCUT2D eigenvalue weighted by atomic mass is 15.4. The largest absolute Gasteiger partial charge is 0.337 e. The number of hydrogen-bond donors (Lipinski definition) is 2. The Labute approximate surface area is 115 Å². The fourth-order valence-electron chi connectivity index (χ4n) is 3.51. The first-order valence-electron chi connectivity index (χ1n) is 7.47. The third kappa shape index (κ3) is 2.48. The number of nitrogens with zero attached hydrogens (tertiary/aromatic N) is 3. The van der Waals surface area contributed by atoms with Crippen LogP contribution in [0.3, 0.4) is 0 Å². The second kappa shape index (κ2) is 4.78. The van der Waals surface area contributed by atoms with Gasteiger partial charge in [-0.05, 0) is 25.2 Å². The topological polar surface area (TPSA) is 56.8 Å². The van der Waals surface area contributed by atoms with E-state index < -0.39 is 0 Å². The van der Waals surface area contributed by atoms with Crippen LogP contribution in [0.2, 0.25) is 0 Å². The second-order valence-corrected chi connectivity index (χ2v) is 6.76. The standard InChI is InChI=1S/C14H25N5/c1-10-9-19(8-7-15-10)13-16-12(17-18-13)11-5-4-6-14(11,2)3/h10-11,15H,4-9H2,1-3H3,(H,16,17,18). The zero-order valence-corrected chi connectivity index (χ0v) is 12.2. The summed E-state index contributed by atoms with van der Waals surface area (Å²) in [5.74, 6) is 2.50. The summed E-state index contributed by atoms with van der Waals surface area (Å²) in [6, 6.07) is 0.513. The molecular weight excluding hydrogens is 238 g/mol. The molecule has 0 spiro atoms. The SMILES string of the molecule is CC1CN(c2n[nH]c(C3CCCC3(C)C)n2)CCN1. The highest BCUT2D eigenvalue weighted by Crippen LogP contribution is 2.47. The van der Waals surface area contributed by atoms with Crippen LogP contribution in [-0.4, -0.2) is 40.9 Å². The van der Waals surface area contributed by atoms with E-state index in [9.17, 15) is 0 Å². The van der Waals surface area contributed by atoms with E-state index >= 15 is 0 Å². The van der Waals surface area contributed by atoms with Crippen molar-refractivity contribution in [2.45, 2.75) is 52.0 Å². The van der Waals surface area contributed by atoms with Crippen LogP contribution in [0.4, 0.5) is 5.95 Å². The first kappa shape index (κ1) is 12.9. The Morgan fingerprint density at radius 3 is 2.89 bits per heavy atom. The minimum atomic E-state index is 0.355. The van der Waals surface area contributed by atoms with Gasteiger partial charge in [0, 0.05) is 31.6 Å². The lowest BCUT2D eigenvalue weighted by atomic mass is 9.81. The average Bonchev–Trinajstić information content (AvgIpc) is 2.95. The van der Waals surface area contributed by atoms with Gasteiger partial charge >= 0.3 is 0 Å². The van der Waals surface area contributed by atoms with Crippen molar-refractivity contribution < 1.29 is 0 Å². The summed E-state index contributed by atoms with van der Waals surface area (Å²) >= 11 is 0. The Hall–Kier alpha value is -1.10. The van der Waals surface area contributed by atoms with E-state index in [0.29, 0.717) is 17.4 Å². The van der Waals surface area contributed by atoms with Gasteiger partial charge in [0.05, 0.1) is 0 Å². The predicted molar refractivity (Wildman–Crippen MR) is 76.4 cm³/mol. The van der Waals surface area contributed by atoms with Crippen LogP contribution >= 0.6 is 0 Å². The van der Waals surface area contributed by atoms with Gasteiger partial charge in [0.15, 0.2) is 0 Å². The maximum Gasteiger partial charge on any atom is 0.244 e. The molecule has 0 bridgehead atoms. The number of anilines is 1. The molecule has 2 unspecified atom stereocenters. The molecule has 2 atom stereocenters. The van der Waals surface area contributed by atoms with E-state index in [1.54, 1.807) is 0 Å². The van der Waals surface area contributed by atoms with Crippen molar-refractivity contribution >= 4 is 5.95 Å². The molecule has 0 amide bonds. The minimum absolute atomic E-state index is 0.355. The fourth-order valence-corrected chi connectivity index (χ4v) is 3.51. The van der Waals surface area contributed by atoms with E-state index in [4.69, 9.17) is 4.98 Å². The molecule has 1 aromatic rings. The summed E-state index contributed by atoms with van der Waals surface area (Å²) in [7, 11) is 0. The van der Waals surface area contributed by atoms with E-state index in [-0.39, 0.29) is 0 Å². The monoisotopic (exact) mass is 263 g/mol. The van der Waals surface area contributed by atoms with Gasteiger partial charge in [-0.15, -0.1) is 5.10 Å². The minimum Gasteiger partial charge on any atom is -0.337 e. The highest BCUT2D eigenvalue weighted by Gasteiger charge is 2.37. The summed E-state index contributed by atoms with van der Waals surface area (Å²) in [4.78, 5) is 7.06. The lowest BCUT2D eigenvalue weighted by Gasteiger charge is -2.31. The van der Waals surface area contributed by atoms with Crippen molar-refractivity contribution in [2.24, 2.45) is 5.41 Å². The Bertz CT molecular complexity index is 439. The summed E-state index contributed by atoms with van der Waals surface area (Å²) in [5.41, 5.74) is 0.355. The van der Waals surface area contributed by atoms with Gasteiger partial charge in [0.2, 0.25) is 5.95 Å². The molecule has 5 nitrogen and oxygen atoms in total. The number of aromatic amines is 1. The van der Waals surface area contributed by atoms with E-state index in [2.05, 4.69) is 41.2 Å². The molecule has 0 aromatic carbocycles. The lowest BCUT2D eigenvalue weighted by molar-refractivity contribution is 0.322. The number of H-pyrrole nitrogens is 1. The molecule has 1 aromatic heterocycles. The van der Waals surface area contributed by atoms with Crippen LogP contribution in [0.5, 0.6) is 0 Å². The van der Waals surface area contributed by atoms with Crippen LogP contribution in [0, 0.1) is 5.41 Å². The Morgan fingerprint density at radius 1 is 1.37 bits per heavy atom. The van der Waals surface area contributed by atoms with Crippen molar-refractivity contribution in [3.63, 3.8) is 0 Å². The number of hydrogen-bond acceptors (Lipinski definition) is 4. The number of aromatic nitrogens is 3. The van der Waals surface area contributed by atoms with Gasteiger partial charge < -0.3 is 10.2 Å². The molecular formula is C14H25N5. The van der Waals surface area contributed by atoms with Crippen LogP contribution in [0.1, 0.15) is 51.8 Å². The van der Waals surface area contributed by atoms with Crippen molar-refractivity contribution in [3.05, 3.63) is 5.82 Å². The zero-order chi connectivity index (χ0) is 13.5. The Morgan fingerprint density at radius 2 is 2.21 bits per heavy atom. The van der Waals surface area contributed by atoms with Crippen LogP contribution in [0.15, 0.2) is 0 Å².